The van der Waals surface area contributed by atoms with E-state index in [1.54, 1.807) is 6.20 Å². The molecule has 138 valence electrons. The van der Waals surface area contributed by atoms with Crippen molar-refractivity contribution < 1.29 is 0 Å². The molecule has 0 saturated heterocycles. The summed E-state index contributed by atoms with van der Waals surface area (Å²) in [6.45, 7) is 2.59. The smallest absolute Gasteiger partial charge is 0.222 e. The molecule has 28 heavy (non-hydrogen) atoms. The highest BCUT2D eigenvalue weighted by Crippen LogP contribution is 2.26. The molecule has 1 aromatic carbocycles. The minimum Gasteiger partial charge on any atom is -0.368 e. The quantitative estimate of drug-likeness (QED) is 0.448. The Morgan fingerprint density at radius 2 is 2.04 bits per heavy atom. The van der Waals surface area contributed by atoms with Gasteiger partial charge in [0.1, 0.15) is 11.5 Å². The second-order valence-electron chi connectivity index (χ2n) is 6.61. The number of imidazole rings is 1. The number of fused-ring (bicyclic) bond motifs is 2. The molecule has 5 aromatic rings. The van der Waals surface area contributed by atoms with Crippen LogP contribution in [-0.2, 0) is 6.54 Å². The highest BCUT2D eigenvalue weighted by molar-refractivity contribution is 5.92. The third kappa shape index (κ3) is 2.81. The highest BCUT2D eigenvalue weighted by atomic mass is 15.1. The second-order valence-corrected chi connectivity index (χ2v) is 6.61. The summed E-state index contributed by atoms with van der Waals surface area (Å²) in [7, 11) is 0. The van der Waals surface area contributed by atoms with Crippen molar-refractivity contribution in [3.05, 3.63) is 66.2 Å². The van der Waals surface area contributed by atoms with Crippen molar-refractivity contribution in [2.75, 3.05) is 11.1 Å². The standard InChI is InChI=1S/C20H18N8/c1-12-3-2-4-18-24-14(11-28(12)18)10-22-19-15-6-5-13(16-7-8-23-27-16)9-17(15)25-20(21)26-19/h2-9,11H,10H2,1H3,(H,23,27)(H3,21,22,25,26). The zero-order chi connectivity index (χ0) is 19.1. The third-order valence-electron chi connectivity index (χ3n) is 4.71. The molecule has 0 radical (unpaired) electrons. The number of pyridine rings is 1. The lowest BCUT2D eigenvalue weighted by molar-refractivity contribution is 1.05. The van der Waals surface area contributed by atoms with Crippen LogP contribution in [0.4, 0.5) is 11.8 Å². The monoisotopic (exact) mass is 370 g/mol. The SMILES string of the molecule is Cc1cccc2nc(CNc3nc(N)nc4cc(-c5ccn[nH]5)ccc34)cn12. The van der Waals surface area contributed by atoms with Gasteiger partial charge in [-0.25, -0.2) is 9.97 Å². The second kappa shape index (κ2) is 6.34. The number of benzene rings is 1. The first-order chi connectivity index (χ1) is 13.7. The van der Waals surface area contributed by atoms with Crippen molar-refractivity contribution in [2.45, 2.75) is 13.5 Å². The maximum absolute atomic E-state index is 5.94. The molecule has 4 N–H and O–H groups in total. The number of aromatic amines is 1. The normalized spacial score (nSPS) is 11.3. The van der Waals surface area contributed by atoms with Crippen molar-refractivity contribution in [3.8, 4) is 11.3 Å². The van der Waals surface area contributed by atoms with E-state index in [4.69, 9.17) is 5.73 Å². The van der Waals surface area contributed by atoms with Crippen molar-refractivity contribution in [3.63, 3.8) is 0 Å². The number of aryl methyl sites for hydroxylation is 1. The highest BCUT2D eigenvalue weighted by Gasteiger charge is 2.10. The maximum Gasteiger partial charge on any atom is 0.222 e. The van der Waals surface area contributed by atoms with Crippen molar-refractivity contribution in [2.24, 2.45) is 0 Å². The molecule has 0 unspecified atom stereocenters. The fourth-order valence-corrected chi connectivity index (χ4v) is 3.32. The summed E-state index contributed by atoms with van der Waals surface area (Å²) >= 11 is 0. The van der Waals surface area contributed by atoms with Gasteiger partial charge < -0.3 is 15.5 Å². The number of nitrogen functional groups attached to an aromatic ring is 1. The Morgan fingerprint density at radius 1 is 1.11 bits per heavy atom. The predicted molar refractivity (Wildman–Crippen MR) is 109 cm³/mol. The largest absolute Gasteiger partial charge is 0.368 e. The van der Waals surface area contributed by atoms with E-state index < -0.39 is 0 Å². The zero-order valence-electron chi connectivity index (χ0n) is 15.2. The zero-order valence-corrected chi connectivity index (χ0v) is 15.2. The Kier molecular flexibility index (Phi) is 3.68. The Bertz CT molecular complexity index is 1290. The summed E-state index contributed by atoms with van der Waals surface area (Å²) in [6, 6.07) is 13.9. The van der Waals surface area contributed by atoms with E-state index in [-0.39, 0.29) is 5.95 Å². The van der Waals surface area contributed by atoms with Crippen LogP contribution in [0.1, 0.15) is 11.4 Å². The molecule has 4 heterocycles. The lowest BCUT2D eigenvalue weighted by atomic mass is 10.1. The van der Waals surface area contributed by atoms with E-state index in [9.17, 15) is 0 Å². The van der Waals surface area contributed by atoms with Crippen LogP contribution < -0.4 is 11.1 Å². The van der Waals surface area contributed by atoms with E-state index in [0.717, 1.165) is 39.2 Å². The molecule has 8 nitrogen and oxygen atoms in total. The van der Waals surface area contributed by atoms with E-state index in [1.807, 2.05) is 42.6 Å². The number of aromatic nitrogens is 6. The topological polar surface area (TPSA) is 110 Å². The maximum atomic E-state index is 5.94. The first-order valence-electron chi connectivity index (χ1n) is 8.92. The van der Waals surface area contributed by atoms with Crippen LogP contribution in [0, 0.1) is 6.92 Å². The Hall–Kier alpha value is -3.94. The van der Waals surface area contributed by atoms with Gasteiger partial charge in [-0.15, -0.1) is 0 Å². The summed E-state index contributed by atoms with van der Waals surface area (Å²) in [5.74, 6) is 0.912. The molecule has 0 aliphatic carbocycles. The van der Waals surface area contributed by atoms with Crippen LogP contribution in [0.15, 0.2) is 54.9 Å². The lowest BCUT2D eigenvalue weighted by Crippen LogP contribution is -2.05. The molecule has 0 amide bonds. The van der Waals surface area contributed by atoms with Gasteiger partial charge in [0.25, 0.3) is 0 Å². The molecular formula is C20H18N8. The third-order valence-corrected chi connectivity index (χ3v) is 4.71. The van der Waals surface area contributed by atoms with Gasteiger partial charge in [0.15, 0.2) is 0 Å². The summed E-state index contributed by atoms with van der Waals surface area (Å²) in [5.41, 5.74) is 11.6. The number of nitrogens with two attached hydrogens (primary N) is 1. The number of nitrogens with one attached hydrogen (secondary N) is 2. The fraction of sp³-hybridized carbons (Fsp3) is 0.100. The molecule has 8 heteroatoms. The van der Waals surface area contributed by atoms with Crippen LogP contribution in [0.2, 0.25) is 0 Å². The van der Waals surface area contributed by atoms with E-state index in [1.165, 1.54) is 0 Å². The first kappa shape index (κ1) is 16.2. The van der Waals surface area contributed by atoms with Gasteiger partial charge in [-0.2, -0.15) is 10.1 Å². The van der Waals surface area contributed by atoms with Gasteiger partial charge >= 0.3 is 0 Å². The minimum absolute atomic E-state index is 0.225. The Balaban J connectivity index is 1.48. The van der Waals surface area contributed by atoms with Crippen LogP contribution >= 0.6 is 0 Å². The van der Waals surface area contributed by atoms with E-state index in [2.05, 4.69) is 47.9 Å². The Labute approximate surface area is 160 Å². The first-order valence-corrected chi connectivity index (χ1v) is 8.92. The molecule has 0 fully saturated rings. The van der Waals surface area contributed by atoms with E-state index >= 15 is 0 Å². The number of hydrogen-bond donors (Lipinski definition) is 3. The Morgan fingerprint density at radius 3 is 2.86 bits per heavy atom. The lowest BCUT2D eigenvalue weighted by Gasteiger charge is -2.09. The van der Waals surface area contributed by atoms with Gasteiger partial charge in [-0.05, 0) is 37.3 Å². The van der Waals surface area contributed by atoms with Gasteiger partial charge in [-0.3, -0.25) is 5.10 Å². The summed E-state index contributed by atoms with van der Waals surface area (Å²) < 4.78 is 2.07. The molecule has 5 rings (SSSR count). The van der Waals surface area contributed by atoms with Crippen LogP contribution in [0.3, 0.4) is 0 Å². The number of anilines is 2. The number of H-pyrrole nitrogens is 1. The number of nitrogens with zero attached hydrogens (tertiary/aromatic N) is 5. The van der Waals surface area contributed by atoms with E-state index in [0.29, 0.717) is 12.4 Å². The van der Waals surface area contributed by atoms with Gasteiger partial charge in [0.05, 0.1) is 23.4 Å². The number of rotatable bonds is 4. The van der Waals surface area contributed by atoms with Crippen LogP contribution in [-0.4, -0.2) is 29.5 Å². The van der Waals surface area contributed by atoms with Crippen molar-refractivity contribution in [1.29, 1.82) is 0 Å². The van der Waals surface area contributed by atoms with Gasteiger partial charge in [0, 0.05) is 29.0 Å². The summed E-state index contributed by atoms with van der Waals surface area (Å²) in [6.07, 6.45) is 3.75. The molecule has 0 spiro atoms. The van der Waals surface area contributed by atoms with Crippen LogP contribution in [0.5, 0.6) is 0 Å². The predicted octanol–water partition coefficient (Wildman–Crippen LogP) is 3.17. The molecular weight excluding hydrogens is 352 g/mol. The minimum atomic E-state index is 0.225. The molecule has 0 saturated carbocycles. The number of hydrogen-bond acceptors (Lipinski definition) is 6. The summed E-state index contributed by atoms with van der Waals surface area (Å²) in [4.78, 5) is 13.4. The van der Waals surface area contributed by atoms with Gasteiger partial charge in [0.2, 0.25) is 5.95 Å². The summed E-state index contributed by atoms with van der Waals surface area (Å²) in [5, 5.41) is 11.2. The fourth-order valence-electron chi connectivity index (χ4n) is 3.32. The van der Waals surface area contributed by atoms with Crippen LogP contribution in [0.25, 0.3) is 27.8 Å². The molecule has 4 aromatic heterocycles. The van der Waals surface area contributed by atoms with Gasteiger partial charge in [-0.1, -0.05) is 12.1 Å². The van der Waals surface area contributed by atoms with Crippen molar-refractivity contribution >= 4 is 28.3 Å². The average Bonchev–Trinajstić information content (AvgIpc) is 3.36. The van der Waals surface area contributed by atoms with Crippen molar-refractivity contribution in [1.82, 2.24) is 29.5 Å². The molecule has 0 aliphatic heterocycles. The molecule has 0 atom stereocenters. The molecule has 0 aliphatic rings. The average molecular weight is 370 g/mol. The molecule has 0 bridgehead atoms.